The number of nitrogens with one attached hydrogen (secondary N) is 1. The number of rotatable bonds is 3. The topological polar surface area (TPSA) is 49.0 Å². The van der Waals surface area contributed by atoms with E-state index in [0.29, 0.717) is 0 Å². The zero-order valence-corrected chi connectivity index (χ0v) is 13.7. The van der Waals surface area contributed by atoms with Crippen molar-refractivity contribution in [3.63, 3.8) is 0 Å². The Hall–Kier alpha value is -1.98. The van der Waals surface area contributed by atoms with Crippen molar-refractivity contribution in [3.8, 4) is 11.1 Å². The van der Waals surface area contributed by atoms with Crippen LogP contribution >= 0.6 is 0 Å². The first-order valence-electron chi connectivity index (χ1n) is 7.88. The number of aromatic amines is 1. The summed E-state index contributed by atoms with van der Waals surface area (Å²) < 4.78 is 11.4. The Kier molecular flexibility index (Phi) is 3.97. The molecule has 0 atom stereocenters. The van der Waals surface area contributed by atoms with Gasteiger partial charge in [-0.1, -0.05) is 24.3 Å². The molecule has 0 amide bonds. The van der Waals surface area contributed by atoms with Crippen LogP contribution in [0.2, 0.25) is 0 Å². The predicted molar refractivity (Wildman–Crippen MR) is 94.7 cm³/mol. The Bertz CT molecular complexity index is 831. The van der Waals surface area contributed by atoms with Crippen molar-refractivity contribution in [1.82, 2.24) is 14.9 Å². The fraction of sp³-hybridized carbons (Fsp3) is 0.278. The second kappa shape index (κ2) is 6.26. The maximum atomic E-state index is 11.4. The van der Waals surface area contributed by atoms with Crippen molar-refractivity contribution < 1.29 is 4.21 Å². The normalized spacial score (nSPS) is 16.9. The molecule has 1 fully saturated rings. The third-order valence-corrected chi connectivity index (χ3v) is 5.67. The maximum absolute atomic E-state index is 11.4. The Morgan fingerprint density at radius 2 is 1.91 bits per heavy atom. The van der Waals surface area contributed by atoms with E-state index in [-0.39, 0.29) is 0 Å². The second-order valence-corrected chi connectivity index (χ2v) is 7.62. The first-order chi connectivity index (χ1) is 11.3. The standard InChI is InChI=1S/C18H19N3OS/c22-23-10-8-21(9-11-23)13-14-3-5-15(6-4-14)17-12-20-18-16(17)2-1-7-19-18/h1-7,12H,8-11,13H2,(H,19,20). The lowest BCUT2D eigenvalue weighted by atomic mass is 10.0. The van der Waals surface area contributed by atoms with Gasteiger partial charge < -0.3 is 4.98 Å². The molecule has 1 aromatic carbocycles. The van der Waals surface area contributed by atoms with Gasteiger partial charge in [-0.15, -0.1) is 0 Å². The van der Waals surface area contributed by atoms with E-state index < -0.39 is 10.8 Å². The van der Waals surface area contributed by atoms with Crippen LogP contribution in [0.15, 0.2) is 48.8 Å². The molecule has 0 saturated carbocycles. The summed E-state index contributed by atoms with van der Waals surface area (Å²) in [6.07, 6.45) is 3.82. The number of H-pyrrole nitrogens is 1. The summed E-state index contributed by atoms with van der Waals surface area (Å²) in [5.41, 5.74) is 4.62. The number of nitrogens with zero attached hydrogens (tertiary/aromatic N) is 2. The maximum Gasteiger partial charge on any atom is 0.137 e. The summed E-state index contributed by atoms with van der Waals surface area (Å²) in [6, 6.07) is 12.8. The number of fused-ring (bicyclic) bond motifs is 1. The minimum atomic E-state index is -0.607. The van der Waals surface area contributed by atoms with Crippen LogP contribution in [-0.4, -0.2) is 43.7 Å². The summed E-state index contributed by atoms with van der Waals surface area (Å²) >= 11 is 0. The zero-order chi connectivity index (χ0) is 15.6. The first kappa shape index (κ1) is 14.6. The Balaban J connectivity index is 1.53. The van der Waals surface area contributed by atoms with E-state index in [4.69, 9.17) is 0 Å². The second-order valence-electron chi connectivity index (χ2n) is 5.92. The minimum Gasteiger partial charge on any atom is -0.346 e. The zero-order valence-electron chi connectivity index (χ0n) is 12.9. The van der Waals surface area contributed by atoms with Gasteiger partial charge >= 0.3 is 0 Å². The van der Waals surface area contributed by atoms with Crippen molar-refractivity contribution in [3.05, 3.63) is 54.4 Å². The van der Waals surface area contributed by atoms with Crippen LogP contribution in [0.4, 0.5) is 0 Å². The third-order valence-electron chi connectivity index (χ3n) is 4.39. The molecule has 2 aromatic heterocycles. The number of aromatic nitrogens is 2. The van der Waals surface area contributed by atoms with Gasteiger partial charge in [0.1, 0.15) is 5.65 Å². The molecular formula is C18H19N3OS. The van der Waals surface area contributed by atoms with Crippen LogP contribution in [0.5, 0.6) is 0 Å². The van der Waals surface area contributed by atoms with Crippen LogP contribution < -0.4 is 0 Å². The molecule has 118 valence electrons. The highest BCUT2D eigenvalue weighted by Gasteiger charge is 2.15. The summed E-state index contributed by atoms with van der Waals surface area (Å²) in [6.45, 7) is 2.80. The van der Waals surface area contributed by atoms with Crippen LogP contribution in [0.25, 0.3) is 22.2 Å². The average Bonchev–Trinajstić information content (AvgIpc) is 3.02. The largest absolute Gasteiger partial charge is 0.346 e. The lowest BCUT2D eigenvalue weighted by molar-refractivity contribution is 0.291. The predicted octanol–water partition coefficient (Wildman–Crippen LogP) is 2.79. The third kappa shape index (κ3) is 3.07. The van der Waals surface area contributed by atoms with Gasteiger partial charge in [0.25, 0.3) is 0 Å². The first-order valence-corrected chi connectivity index (χ1v) is 9.37. The molecule has 1 saturated heterocycles. The van der Waals surface area contributed by atoms with Gasteiger partial charge in [0.2, 0.25) is 0 Å². The van der Waals surface area contributed by atoms with E-state index in [0.717, 1.165) is 42.2 Å². The smallest absolute Gasteiger partial charge is 0.137 e. The van der Waals surface area contributed by atoms with Crippen molar-refractivity contribution in [2.24, 2.45) is 0 Å². The lowest BCUT2D eigenvalue weighted by Crippen LogP contribution is -2.37. The van der Waals surface area contributed by atoms with Gasteiger partial charge in [-0.3, -0.25) is 9.11 Å². The van der Waals surface area contributed by atoms with Gasteiger partial charge in [-0.05, 0) is 23.3 Å². The highest BCUT2D eigenvalue weighted by atomic mass is 32.2. The molecular weight excluding hydrogens is 306 g/mol. The average molecular weight is 325 g/mol. The number of pyridine rings is 1. The monoisotopic (exact) mass is 325 g/mol. The fourth-order valence-electron chi connectivity index (χ4n) is 3.08. The summed E-state index contributed by atoms with van der Waals surface area (Å²) in [5, 5.41) is 1.15. The van der Waals surface area contributed by atoms with E-state index >= 15 is 0 Å². The lowest BCUT2D eigenvalue weighted by Gasteiger charge is -2.26. The minimum absolute atomic E-state index is 0.607. The van der Waals surface area contributed by atoms with E-state index in [2.05, 4.69) is 45.2 Å². The molecule has 0 unspecified atom stereocenters. The molecule has 23 heavy (non-hydrogen) atoms. The fourth-order valence-corrected chi connectivity index (χ4v) is 4.20. The molecule has 0 aliphatic carbocycles. The SMILES string of the molecule is O=S1CCN(Cc2ccc(-c3c[nH]c4ncccc34)cc2)CC1. The summed E-state index contributed by atoms with van der Waals surface area (Å²) in [4.78, 5) is 9.95. The number of benzene rings is 1. The van der Waals surface area contributed by atoms with Gasteiger partial charge in [0, 0.05) is 65.3 Å². The van der Waals surface area contributed by atoms with Crippen molar-refractivity contribution in [1.29, 1.82) is 0 Å². The molecule has 0 spiro atoms. The molecule has 5 heteroatoms. The van der Waals surface area contributed by atoms with Crippen molar-refractivity contribution >= 4 is 21.8 Å². The van der Waals surface area contributed by atoms with Crippen LogP contribution in [0.1, 0.15) is 5.56 Å². The number of hydrogen-bond donors (Lipinski definition) is 1. The molecule has 4 rings (SSSR count). The van der Waals surface area contributed by atoms with Crippen molar-refractivity contribution in [2.75, 3.05) is 24.6 Å². The van der Waals surface area contributed by atoms with E-state index in [1.807, 2.05) is 12.3 Å². The van der Waals surface area contributed by atoms with Gasteiger partial charge in [-0.2, -0.15) is 0 Å². The van der Waals surface area contributed by atoms with E-state index in [1.54, 1.807) is 6.20 Å². The molecule has 4 nitrogen and oxygen atoms in total. The molecule has 3 heterocycles. The van der Waals surface area contributed by atoms with E-state index in [9.17, 15) is 4.21 Å². The van der Waals surface area contributed by atoms with Crippen LogP contribution in [0.3, 0.4) is 0 Å². The van der Waals surface area contributed by atoms with Crippen LogP contribution in [-0.2, 0) is 17.3 Å². The van der Waals surface area contributed by atoms with Gasteiger partial charge in [-0.25, -0.2) is 4.98 Å². The highest BCUT2D eigenvalue weighted by Crippen LogP contribution is 2.27. The van der Waals surface area contributed by atoms with Gasteiger partial charge in [0.15, 0.2) is 0 Å². The molecule has 0 radical (unpaired) electrons. The summed E-state index contributed by atoms with van der Waals surface area (Å²) in [7, 11) is -0.607. The quantitative estimate of drug-likeness (QED) is 0.805. The molecule has 1 N–H and O–H groups in total. The Morgan fingerprint density at radius 1 is 1.13 bits per heavy atom. The molecule has 1 aliphatic rings. The molecule has 0 bridgehead atoms. The summed E-state index contributed by atoms with van der Waals surface area (Å²) in [5.74, 6) is 1.61. The van der Waals surface area contributed by atoms with E-state index in [1.165, 1.54) is 16.7 Å². The van der Waals surface area contributed by atoms with Gasteiger partial charge in [0.05, 0.1) is 0 Å². The Morgan fingerprint density at radius 3 is 2.70 bits per heavy atom. The molecule has 3 aromatic rings. The Labute approximate surface area is 138 Å². The van der Waals surface area contributed by atoms with Crippen molar-refractivity contribution in [2.45, 2.75) is 6.54 Å². The molecule has 1 aliphatic heterocycles. The van der Waals surface area contributed by atoms with Crippen LogP contribution in [0, 0.1) is 0 Å². The highest BCUT2D eigenvalue weighted by molar-refractivity contribution is 7.85. The number of hydrogen-bond acceptors (Lipinski definition) is 3.